The fourth-order valence-corrected chi connectivity index (χ4v) is 2.15. The molecule has 0 atom stereocenters. The SMILES string of the molecule is CCN(NCc1ccc(-c2ccc(Br)cc2)o1)NC(=O)S. The molecule has 0 aliphatic rings. The number of hydrogen-bond acceptors (Lipinski definition) is 4. The first-order valence-electron chi connectivity index (χ1n) is 6.43. The van der Waals surface area contributed by atoms with Crippen LogP contribution in [0.4, 0.5) is 4.79 Å². The Morgan fingerprint density at radius 3 is 2.62 bits per heavy atom. The van der Waals surface area contributed by atoms with Crippen molar-refractivity contribution in [3.05, 3.63) is 46.6 Å². The Labute approximate surface area is 137 Å². The summed E-state index contributed by atoms with van der Waals surface area (Å²) in [5.41, 5.74) is 6.60. The fraction of sp³-hybridized carbons (Fsp3) is 0.214. The second-order valence-corrected chi connectivity index (χ2v) is 5.59. The van der Waals surface area contributed by atoms with Gasteiger partial charge in [0.05, 0.1) is 6.54 Å². The van der Waals surface area contributed by atoms with Gasteiger partial charge in [0.2, 0.25) is 0 Å². The highest BCUT2D eigenvalue weighted by molar-refractivity contribution is 9.10. The van der Waals surface area contributed by atoms with Gasteiger partial charge in [-0.2, -0.15) is 5.12 Å². The Kier molecular flexibility index (Phi) is 5.86. The third-order valence-corrected chi connectivity index (χ3v) is 3.41. The molecule has 0 saturated carbocycles. The molecule has 0 radical (unpaired) electrons. The lowest BCUT2D eigenvalue weighted by atomic mass is 10.2. The van der Waals surface area contributed by atoms with E-state index in [2.05, 4.69) is 39.4 Å². The topological polar surface area (TPSA) is 57.5 Å². The Morgan fingerprint density at radius 1 is 1.29 bits per heavy atom. The predicted octanol–water partition coefficient (Wildman–Crippen LogP) is 3.59. The number of nitrogens with one attached hydrogen (secondary N) is 2. The van der Waals surface area contributed by atoms with Gasteiger partial charge < -0.3 is 4.42 Å². The highest BCUT2D eigenvalue weighted by Gasteiger charge is 2.07. The van der Waals surface area contributed by atoms with Crippen molar-refractivity contribution >= 4 is 33.8 Å². The predicted molar refractivity (Wildman–Crippen MR) is 88.6 cm³/mol. The summed E-state index contributed by atoms with van der Waals surface area (Å²) < 4.78 is 6.80. The first-order valence-corrected chi connectivity index (χ1v) is 7.67. The van der Waals surface area contributed by atoms with E-state index in [0.29, 0.717) is 13.1 Å². The molecular weight excluding hydrogens is 354 g/mol. The number of hydrogen-bond donors (Lipinski definition) is 3. The molecule has 0 aliphatic heterocycles. The van der Waals surface area contributed by atoms with E-state index in [-0.39, 0.29) is 0 Å². The quantitative estimate of drug-likeness (QED) is 0.537. The Hall–Kier alpha value is -1.28. The standard InChI is InChI=1S/C14H16BrN3O2S/c1-2-18(17-14(19)21)16-9-12-7-8-13(20-12)10-3-5-11(15)6-4-10/h3-8,16H,2,9H2,1H3,(H2,17,19,21). The van der Waals surface area contributed by atoms with E-state index in [4.69, 9.17) is 4.42 Å². The zero-order valence-corrected chi connectivity index (χ0v) is 13.9. The molecule has 0 unspecified atom stereocenters. The molecule has 0 spiro atoms. The van der Waals surface area contributed by atoms with Crippen molar-refractivity contribution in [1.82, 2.24) is 16.0 Å². The molecule has 7 heteroatoms. The number of amides is 1. The van der Waals surface area contributed by atoms with Crippen LogP contribution >= 0.6 is 28.6 Å². The molecule has 2 rings (SSSR count). The second kappa shape index (κ2) is 7.65. The van der Waals surface area contributed by atoms with Crippen LogP contribution in [0.5, 0.6) is 0 Å². The Bertz CT molecular complexity index is 601. The van der Waals surface area contributed by atoms with E-state index in [1.165, 1.54) is 0 Å². The van der Waals surface area contributed by atoms with Crippen LogP contribution in [0.1, 0.15) is 12.7 Å². The number of hydrazine groups is 2. The summed E-state index contributed by atoms with van der Waals surface area (Å²) in [4.78, 5) is 10.9. The van der Waals surface area contributed by atoms with Gasteiger partial charge in [0, 0.05) is 16.6 Å². The zero-order chi connectivity index (χ0) is 15.2. The monoisotopic (exact) mass is 369 g/mol. The molecule has 2 aromatic rings. The lowest BCUT2D eigenvalue weighted by Gasteiger charge is -2.20. The van der Waals surface area contributed by atoms with E-state index >= 15 is 0 Å². The van der Waals surface area contributed by atoms with Crippen LogP contribution in [0.25, 0.3) is 11.3 Å². The van der Waals surface area contributed by atoms with Crippen LogP contribution in [0.2, 0.25) is 0 Å². The maximum Gasteiger partial charge on any atom is 0.291 e. The highest BCUT2D eigenvalue weighted by Crippen LogP contribution is 2.23. The Balaban J connectivity index is 1.96. The molecule has 1 aromatic heterocycles. The molecule has 0 aliphatic carbocycles. The summed E-state index contributed by atoms with van der Waals surface area (Å²) in [5.74, 6) is 1.58. The molecular formula is C14H16BrN3O2S. The van der Waals surface area contributed by atoms with Crippen molar-refractivity contribution < 1.29 is 9.21 Å². The molecule has 21 heavy (non-hydrogen) atoms. The van der Waals surface area contributed by atoms with Crippen LogP contribution in [-0.4, -0.2) is 16.9 Å². The number of rotatable bonds is 6. The van der Waals surface area contributed by atoms with Crippen molar-refractivity contribution in [3.8, 4) is 11.3 Å². The van der Waals surface area contributed by atoms with Crippen LogP contribution < -0.4 is 10.9 Å². The summed E-state index contributed by atoms with van der Waals surface area (Å²) >= 11 is 7.08. The van der Waals surface area contributed by atoms with Gasteiger partial charge in [0.25, 0.3) is 5.24 Å². The van der Waals surface area contributed by atoms with Gasteiger partial charge in [-0.1, -0.05) is 40.7 Å². The van der Waals surface area contributed by atoms with E-state index in [1.54, 1.807) is 5.12 Å². The summed E-state index contributed by atoms with van der Waals surface area (Å²) in [5, 5.41) is 1.14. The lowest BCUT2D eigenvalue weighted by Crippen LogP contribution is -2.48. The Morgan fingerprint density at radius 2 is 2.00 bits per heavy atom. The zero-order valence-electron chi connectivity index (χ0n) is 11.5. The summed E-state index contributed by atoms with van der Waals surface area (Å²) in [6.07, 6.45) is 0. The highest BCUT2D eigenvalue weighted by atomic mass is 79.9. The van der Waals surface area contributed by atoms with Crippen LogP contribution in [0, 0.1) is 0 Å². The molecule has 5 nitrogen and oxygen atoms in total. The maximum absolute atomic E-state index is 10.9. The van der Waals surface area contributed by atoms with E-state index < -0.39 is 5.24 Å². The number of thiol groups is 1. The van der Waals surface area contributed by atoms with Crippen LogP contribution in [-0.2, 0) is 6.54 Å². The lowest BCUT2D eigenvalue weighted by molar-refractivity contribution is 0.133. The molecule has 1 aromatic carbocycles. The first kappa shape index (κ1) is 16.1. The van der Waals surface area contributed by atoms with Crippen LogP contribution in [0.15, 0.2) is 45.3 Å². The van der Waals surface area contributed by atoms with Gasteiger partial charge in [-0.15, -0.1) is 0 Å². The molecule has 0 saturated heterocycles. The number of halogens is 1. The van der Waals surface area contributed by atoms with Crippen molar-refractivity contribution in [2.75, 3.05) is 6.54 Å². The van der Waals surface area contributed by atoms with Crippen LogP contribution in [0.3, 0.4) is 0 Å². The number of carbonyl (C=O) groups excluding carboxylic acids is 1. The number of nitrogens with zero attached hydrogens (tertiary/aromatic N) is 1. The minimum Gasteiger partial charge on any atom is -0.460 e. The molecule has 1 heterocycles. The second-order valence-electron chi connectivity index (χ2n) is 4.27. The third kappa shape index (κ3) is 4.89. The van der Waals surface area contributed by atoms with Crippen molar-refractivity contribution in [2.45, 2.75) is 13.5 Å². The largest absolute Gasteiger partial charge is 0.460 e. The summed E-state index contributed by atoms with van der Waals surface area (Å²) in [6, 6.07) is 11.7. The maximum atomic E-state index is 10.9. The third-order valence-electron chi connectivity index (χ3n) is 2.78. The van der Waals surface area contributed by atoms with Gasteiger partial charge in [0.1, 0.15) is 11.5 Å². The normalized spacial score (nSPS) is 10.9. The molecule has 0 fully saturated rings. The van der Waals surface area contributed by atoms with E-state index in [9.17, 15) is 4.79 Å². The fourth-order valence-electron chi connectivity index (χ4n) is 1.76. The van der Waals surface area contributed by atoms with Gasteiger partial charge >= 0.3 is 0 Å². The molecule has 112 valence electrons. The van der Waals surface area contributed by atoms with Gasteiger partial charge in [-0.25, -0.2) is 5.43 Å². The average Bonchev–Trinajstić information content (AvgIpc) is 2.92. The average molecular weight is 370 g/mol. The van der Waals surface area contributed by atoms with Crippen molar-refractivity contribution in [1.29, 1.82) is 0 Å². The van der Waals surface area contributed by atoms with Gasteiger partial charge in [-0.3, -0.25) is 10.2 Å². The van der Waals surface area contributed by atoms with E-state index in [0.717, 1.165) is 21.6 Å². The molecule has 0 bridgehead atoms. The molecule has 1 amide bonds. The summed E-state index contributed by atoms with van der Waals surface area (Å²) in [6.45, 7) is 2.98. The van der Waals surface area contributed by atoms with Gasteiger partial charge in [0.15, 0.2) is 0 Å². The number of benzene rings is 1. The van der Waals surface area contributed by atoms with E-state index in [1.807, 2.05) is 43.3 Å². The smallest absolute Gasteiger partial charge is 0.291 e. The minimum atomic E-state index is -0.417. The van der Waals surface area contributed by atoms with Crippen molar-refractivity contribution in [3.63, 3.8) is 0 Å². The number of furan rings is 1. The van der Waals surface area contributed by atoms with Gasteiger partial charge in [-0.05, 0) is 31.2 Å². The van der Waals surface area contributed by atoms with Crippen molar-refractivity contribution in [2.24, 2.45) is 0 Å². The first-order chi connectivity index (χ1) is 10.1. The summed E-state index contributed by atoms with van der Waals surface area (Å²) in [7, 11) is 0. The molecule has 2 N–H and O–H groups in total. The number of carbonyl (C=O) groups is 1. The minimum absolute atomic E-state index is 0.417.